The van der Waals surface area contributed by atoms with E-state index in [0.717, 1.165) is 47.1 Å². The van der Waals surface area contributed by atoms with E-state index >= 15 is 0 Å². The molecule has 1 aliphatic heterocycles. The van der Waals surface area contributed by atoms with Crippen LogP contribution in [0.1, 0.15) is 68.1 Å². The highest BCUT2D eigenvalue weighted by atomic mass is 16.7. The van der Waals surface area contributed by atoms with Crippen LogP contribution in [0.25, 0.3) is 0 Å². The van der Waals surface area contributed by atoms with Gasteiger partial charge in [0.25, 0.3) is 0 Å². The van der Waals surface area contributed by atoms with Crippen molar-refractivity contribution in [3.63, 3.8) is 0 Å². The van der Waals surface area contributed by atoms with Crippen LogP contribution in [-0.4, -0.2) is 65.4 Å². The van der Waals surface area contributed by atoms with Gasteiger partial charge in [-0.1, -0.05) is 74.0 Å². The van der Waals surface area contributed by atoms with E-state index in [1.54, 1.807) is 12.2 Å². The molecule has 9 atom stereocenters. The number of nitrogens with two attached hydrogens (primary N) is 1. The van der Waals surface area contributed by atoms with Crippen molar-refractivity contribution in [3.05, 3.63) is 94.6 Å². The fourth-order valence-electron chi connectivity index (χ4n) is 9.99. The molecule has 5 N–H and O–H groups in total. The Morgan fingerprint density at radius 2 is 1.76 bits per heavy atom. The van der Waals surface area contributed by atoms with E-state index in [-0.39, 0.29) is 42.7 Å². The van der Waals surface area contributed by atoms with Crippen molar-refractivity contribution >= 4 is 17.5 Å². The number of Topliss-reactive ketones (excluding diaryl/α,β-unsaturated/α-hetero) is 1. The van der Waals surface area contributed by atoms with E-state index in [1.165, 1.54) is 0 Å². The lowest BCUT2D eigenvalue weighted by Gasteiger charge is -2.59. The van der Waals surface area contributed by atoms with Gasteiger partial charge in [0.2, 0.25) is 5.91 Å². The zero-order chi connectivity index (χ0) is 34.6. The Kier molecular flexibility index (Phi) is 9.00. The SMILES string of the molecule is CC12CC(O)[C@H]3[C@@H](CCC4=CC(=O)C=C[C@@]43C)[C@@H]1C[C@H]1O[C@@H](c3ccc(Cc4ccc(COCNC(=O)CN)cc4)cc3)O[C@]12C(=O)CO. The van der Waals surface area contributed by atoms with Crippen molar-refractivity contribution in [1.29, 1.82) is 0 Å². The standard InChI is InChI=1S/C39H46N2O8/c1-37-14-13-28(43)16-27(37)11-12-29-30-17-33-39(32(45)20-42,38(30,2)18-31(44)35(29)37)49-36(48-33)26-9-7-24(8-10-26)15-23-3-5-25(6-4-23)21-47-22-41-34(46)19-40/h3-10,13-14,16,29-31,33,35-36,42,44H,11-12,15,17-22,40H2,1-2H3,(H,41,46)/t29-,30-,31?,33+,35+,36+,37-,38?,39+/m0/s1. The third-order valence-electron chi connectivity index (χ3n) is 12.3. The number of hydrogen-bond donors (Lipinski definition) is 4. The zero-order valence-electron chi connectivity index (χ0n) is 28.1. The minimum atomic E-state index is -1.38. The first-order valence-electron chi connectivity index (χ1n) is 17.3. The third-order valence-corrected chi connectivity index (χ3v) is 12.3. The van der Waals surface area contributed by atoms with Crippen LogP contribution in [0.4, 0.5) is 0 Å². The number of hydrogen-bond acceptors (Lipinski definition) is 9. The second-order valence-corrected chi connectivity index (χ2v) is 14.9. The van der Waals surface area contributed by atoms with Crippen LogP contribution >= 0.6 is 0 Å². The molecule has 4 aliphatic carbocycles. The summed E-state index contributed by atoms with van der Waals surface area (Å²) in [6.45, 7) is 3.92. The molecule has 260 valence electrons. The Balaban J connectivity index is 1.05. The smallest absolute Gasteiger partial charge is 0.235 e. The molecule has 10 nitrogen and oxygen atoms in total. The Hall–Kier alpha value is -3.51. The van der Waals surface area contributed by atoms with Gasteiger partial charge in [0, 0.05) is 22.3 Å². The van der Waals surface area contributed by atoms with Crippen molar-refractivity contribution < 1.29 is 38.8 Å². The molecule has 1 saturated heterocycles. The minimum absolute atomic E-state index is 0.00539. The molecular weight excluding hydrogens is 624 g/mol. The zero-order valence-corrected chi connectivity index (χ0v) is 28.1. The summed E-state index contributed by atoms with van der Waals surface area (Å²) in [7, 11) is 0. The van der Waals surface area contributed by atoms with E-state index in [9.17, 15) is 24.6 Å². The molecule has 2 unspecified atom stereocenters. The maximum Gasteiger partial charge on any atom is 0.235 e. The molecular formula is C39H46N2O8. The van der Waals surface area contributed by atoms with Gasteiger partial charge in [-0.05, 0) is 72.8 Å². The van der Waals surface area contributed by atoms with Gasteiger partial charge >= 0.3 is 0 Å². The van der Waals surface area contributed by atoms with Crippen LogP contribution in [0.5, 0.6) is 0 Å². The van der Waals surface area contributed by atoms with Crippen LogP contribution in [0.2, 0.25) is 0 Å². The Bertz CT molecular complexity index is 1670. The van der Waals surface area contributed by atoms with Gasteiger partial charge in [-0.2, -0.15) is 0 Å². The molecule has 1 amide bonds. The van der Waals surface area contributed by atoms with Crippen LogP contribution in [0.15, 0.2) is 72.3 Å². The second-order valence-electron chi connectivity index (χ2n) is 14.9. The van der Waals surface area contributed by atoms with Crippen LogP contribution in [0, 0.1) is 28.6 Å². The number of ether oxygens (including phenoxy) is 3. The number of nitrogens with one attached hydrogen (secondary N) is 1. The molecule has 2 aromatic carbocycles. The van der Waals surface area contributed by atoms with Gasteiger partial charge in [-0.25, -0.2) is 0 Å². The number of fused-ring (bicyclic) bond motifs is 7. The van der Waals surface area contributed by atoms with E-state index in [2.05, 4.69) is 12.2 Å². The highest BCUT2D eigenvalue weighted by Crippen LogP contribution is 2.70. The van der Waals surface area contributed by atoms with E-state index < -0.39 is 47.3 Å². The fraction of sp³-hybridized carbons (Fsp3) is 0.513. The van der Waals surface area contributed by atoms with E-state index in [4.69, 9.17) is 19.9 Å². The summed E-state index contributed by atoms with van der Waals surface area (Å²) < 4.78 is 18.8. The lowest BCUT2D eigenvalue weighted by Crippen LogP contribution is -2.63. The fourth-order valence-corrected chi connectivity index (χ4v) is 9.99. The largest absolute Gasteiger partial charge is 0.393 e. The molecule has 10 heteroatoms. The summed E-state index contributed by atoms with van der Waals surface area (Å²) in [5, 5.41) is 24.7. The number of aliphatic hydroxyl groups excluding tert-OH is 2. The summed E-state index contributed by atoms with van der Waals surface area (Å²) in [6, 6.07) is 16.1. The quantitative estimate of drug-likeness (QED) is 0.220. The predicted molar refractivity (Wildman–Crippen MR) is 179 cm³/mol. The maximum absolute atomic E-state index is 13.8. The monoisotopic (exact) mass is 670 g/mol. The maximum atomic E-state index is 13.8. The number of rotatable bonds is 10. The molecule has 5 aliphatic rings. The number of aliphatic hydroxyl groups is 2. The summed E-state index contributed by atoms with van der Waals surface area (Å²) >= 11 is 0. The topological polar surface area (TPSA) is 157 Å². The molecule has 0 aromatic heterocycles. The third kappa shape index (κ3) is 5.63. The van der Waals surface area contributed by atoms with Crippen molar-refractivity contribution in [2.24, 2.45) is 34.3 Å². The Labute approximate surface area is 286 Å². The van der Waals surface area contributed by atoms with Gasteiger partial charge < -0.3 is 35.5 Å². The number of benzene rings is 2. The van der Waals surface area contributed by atoms with Crippen LogP contribution < -0.4 is 11.1 Å². The van der Waals surface area contributed by atoms with Gasteiger partial charge in [0.15, 0.2) is 23.5 Å². The molecule has 2 aromatic rings. The minimum Gasteiger partial charge on any atom is -0.393 e. The molecule has 49 heavy (non-hydrogen) atoms. The van der Waals surface area contributed by atoms with Gasteiger partial charge in [-0.3, -0.25) is 14.4 Å². The first-order valence-corrected chi connectivity index (χ1v) is 17.3. The summed E-state index contributed by atoms with van der Waals surface area (Å²) in [4.78, 5) is 37.3. The molecule has 0 spiro atoms. The van der Waals surface area contributed by atoms with Gasteiger partial charge in [-0.15, -0.1) is 0 Å². The van der Waals surface area contributed by atoms with Crippen LogP contribution in [0.3, 0.4) is 0 Å². The summed E-state index contributed by atoms with van der Waals surface area (Å²) in [5.74, 6) is -0.593. The average Bonchev–Trinajstić information content (AvgIpc) is 3.60. The molecule has 4 fully saturated rings. The lowest BCUT2D eigenvalue weighted by atomic mass is 9.46. The molecule has 7 rings (SSSR count). The number of carbonyl (C=O) groups is 3. The van der Waals surface area contributed by atoms with E-state index in [0.29, 0.717) is 19.4 Å². The highest BCUT2D eigenvalue weighted by molar-refractivity contribution is 6.01. The van der Waals surface area contributed by atoms with Gasteiger partial charge in [0.05, 0.1) is 25.4 Å². The lowest BCUT2D eigenvalue weighted by molar-refractivity contribution is -0.201. The average molecular weight is 671 g/mol. The predicted octanol–water partition coefficient (Wildman–Crippen LogP) is 3.43. The van der Waals surface area contributed by atoms with Crippen LogP contribution in [-0.2, 0) is 41.6 Å². The van der Waals surface area contributed by atoms with Crippen molar-refractivity contribution in [3.8, 4) is 0 Å². The molecule has 3 saturated carbocycles. The number of carbonyl (C=O) groups excluding carboxylic acids is 3. The molecule has 0 radical (unpaired) electrons. The first-order chi connectivity index (χ1) is 23.5. The molecule has 1 heterocycles. The summed E-state index contributed by atoms with van der Waals surface area (Å²) in [5.41, 5.74) is 7.83. The first kappa shape index (κ1) is 34.0. The number of allylic oxidation sites excluding steroid dienone is 4. The number of ketones is 2. The van der Waals surface area contributed by atoms with Crippen molar-refractivity contribution in [2.45, 2.75) is 76.7 Å². The normalized spacial score (nSPS) is 35.9. The van der Waals surface area contributed by atoms with E-state index in [1.807, 2.05) is 61.5 Å². The Morgan fingerprint density at radius 3 is 2.45 bits per heavy atom. The highest BCUT2D eigenvalue weighted by Gasteiger charge is 2.75. The Morgan fingerprint density at radius 1 is 1.06 bits per heavy atom. The van der Waals surface area contributed by atoms with Crippen molar-refractivity contribution in [1.82, 2.24) is 5.32 Å². The van der Waals surface area contributed by atoms with Crippen molar-refractivity contribution in [2.75, 3.05) is 19.9 Å². The molecule has 0 bridgehead atoms. The summed E-state index contributed by atoms with van der Waals surface area (Å²) in [6.07, 6.45) is 6.54. The number of amides is 1. The van der Waals surface area contributed by atoms with Gasteiger partial charge in [0.1, 0.15) is 13.3 Å². The second kappa shape index (κ2) is 13.0.